The van der Waals surface area contributed by atoms with Crippen molar-refractivity contribution in [2.75, 3.05) is 51.8 Å². The van der Waals surface area contributed by atoms with Crippen LogP contribution in [0.1, 0.15) is 22.7 Å². The maximum absolute atomic E-state index is 13.1. The second-order valence-corrected chi connectivity index (χ2v) is 10.0. The van der Waals surface area contributed by atoms with Crippen LogP contribution in [0.15, 0.2) is 41.3 Å². The molecule has 2 aliphatic rings. The van der Waals surface area contributed by atoms with E-state index in [-0.39, 0.29) is 23.6 Å². The van der Waals surface area contributed by atoms with Gasteiger partial charge in [0.2, 0.25) is 0 Å². The van der Waals surface area contributed by atoms with Crippen molar-refractivity contribution in [2.24, 2.45) is 0 Å². The van der Waals surface area contributed by atoms with Gasteiger partial charge >= 0.3 is 6.03 Å². The van der Waals surface area contributed by atoms with Gasteiger partial charge in [-0.25, -0.2) is 4.79 Å². The van der Waals surface area contributed by atoms with E-state index >= 15 is 0 Å². The van der Waals surface area contributed by atoms with E-state index in [1.807, 2.05) is 36.6 Å². The maximum Gasteiger partial charge on any atom is 0.323 e. The summed E-state index contributed by atoms with van der Waals surface area (Å²) in [6.07, 6.45) is 3.47. The van der Waals surface area contributed by atoms with Gasteiger partial charge in [-0.3, -0.25) is 4.90 Å². The molecule has 3 aromatic rings. The average molecular weight is 522 g/mol. The van der Waals surface area contributed by atoms with Gasteiger partial charge in [0.05, 0.1) is 27.0 Å². The number of nitrogens with one attached hydrogen (secondary N) is 2. The number of hydrogen-bond acceptors (Lipinski definition) is 7. The first kappa shape index (κ1) is 25.1. The molecule has 1 atom stereocenters. The highest BCUT2D eigenvalue weighted by molar-refractivity contribution is 7.98. The molecule has 3 N–H and O–H groups in total. The molecule has 37 heavy (non-hydrogen) atoms. The van der Waals surface area contributed by atoms with Crippen LogP contribution in [-0.4, -0.2) is 57.2 Å². The highest BCUT2D eigenvalue weighted by Gasteiger charge is 2.39. The normalized spacial score (nSPS) is 15.9. The number of likely N-dealkylation sites (N-methyl/N-ethyl adjacent to an activating group) is 1. The van der Waals surface area contributed by atoms with Crippen molar-refractivity contribution < 1.29 is 24.1 Å². The number of thioether (sulfide) groups is 1. The zero-order valence-corrected chi connectivity index (χ0v) is 22.4. The van der Waals surface area contributed by atoms with E-state index in [0.717, 1.165) is 34.6 Å². The number of carbonyl (C=O) groups excluding carboxylic acids is 1. The summed E-state index contributed by atoms with van der Waals surface area (Å²) in [7, 11) is 6.81. The Labute approximate surface area is 220 Å². The van der Waals surface area contributed by atoms with Crippen molar-refractivity contribution in [1.82, 2.24) is 4.90 Å². The first-order valence-corrected chi connectivity index (χ1v) is 13.3. The second kappa shape index (κ2) is 10.1. The van der Waals surface area contributed by atoms with Gasteiger partial charge in [0.15, 0.2) is 23.0 Å². The lowest BCUT2D eigenvalue weighted by Crippen LogP contribution is -2.36. The molecule has 0 fully saturated rings. The minimum atomic E-state index is -0.382. The van der Waals surface area contributed by atoms with Crippen LogP contribution in [0.2, 0.25) is 0 Å². The number of ether oxygens (including phenoxy) is 3. The molecule has 0 unspecified atom stereocenters. The minimum Gasteiger partial charge on any atom is -0.504 e. The topological polar surface area (TPSA) is 92.3 Å². The average Bonchev–Trinajstić information content (AvgIpc) is 2.91. The van der Waals surface area contributed by atoms with Gasteiger partial charge in [0.1, 0.15) is 0 Å². The SMILES string of the molecule is COc1cc(NC(=O)Nc2ccc(SC)cc2)c2c(c1O)-c1c(OC)c(OC)cc3c1[C@H](C2)N(C)CC3. The summed E-state index contributed by atoms with van der Waals surface area (Å²) in [6, 6.07) is 11.0. The second-order valence-electron chi connectivity index (χ2n) is 9.15. The Morgan fingerprint density at radius 3 is 2.41 bits per heavy atom. The molecule has 0 saturated carbocycles. The summed E-state index contributed by atoms with van der Waals surface area (Å²) in [6.45, 7) is 0.888. The van der Waals surface area contributed by atoms with Crippen LogP contribution in [0.5, 0.6) is 23.0 Å². The van der Waals surface area contributed by atoms with Crippen LogP contribution >= 0.6 is 11.8 Å². The Hall–Kier alpha value is -3.56. The summed E-state index contributed by atoms with van der Waals surface area (Å²) in [4.78, 5) is 16.5. The quantitative estimate of drug-likeness (QED) is 0.290. The van der Waals surface area contributed by atoms with Crippen molar-refractivity contribution in [3.05, 3.63) is 53.1 Å². The molecule has 0 spiro atoms. The maximum atomic E-state index is 13.1. The van der Waals surface area contributed by atoms with Crippen molar-refractivity contribution in [3.63, 3.8) is 0 Å². The fraction of sp³-hybridized carbons (Fsp3) is 0.321. The number of aromatic hydroxyl groups is 1. The summed E-state index contributed by atoms with van der Waals surface area (Å²) < 4.78 is 17.1. The molecule has 2 amide bonds. The number of anilines is 2. The summed E-state index contributed by atoms with van der Waals surface area (Å²) in [5.74, 6) is 1.43. The van der Waals surface area contributed by atoms with Crippen LogP contribution in [-0.2, 0) is 12.8 Å². The fourth-order valence-corrected chi connectivity index (χ4v) is 5.82. The molecular formula is C28H31N3O5S. The van der Waals surface area contributed by atoms with Crippen LogP contribution in [0.3, 0.4) is 0 Å². The lowest BCUT2D eigenvalue weighted by Gasteiger charge is -2.41. The molecule has 5 rings (SSSR count). The lowest BCUT2D eigenvalue weighted by atomic mass is 9.75. The molecule has 0 saturated heterocycles. The van der Waals surface area contributed by atoms with Crippen molar-refractivity contribution in [3.8, 4) is 34.1 Å². The van der Waals surface area contributed by atoms with Crippen molar-refractivity contribution in [2.45, 2.75) is 23.8 Å². The highest BCUT2D eigenvalue weighted by Crippen LogP contribution is 2.57. The number of phenolic OH excluding ortho intramolecular Hbond substituents is 1. The molecule has 1 aliphatic carbocycles. The zero-order chi connectivity index (χ0) is 26.3. The summed E-state index contributed by atoms with van der Waals surface area (Å²) in [5, 5.41) is 17.3. The Kier molecular flexibility index (Phi) is 6.83. The number of phenols is 1. The number of nitrogens with zero attached hydrogens (tertiary/aromatic N) is 1. The fourth-order valence-electron chi connectivity index (χ4n) is 5.42. The Bertz CT molecular complexity index is 1360. The van der Waals surface area contributed by atoms with E-state index < -0.39 is 0 Å². The van der Waals surface area contributed by atoms with E-state index in [4.69, 9.17) is 14.2 Å². The minimum absolute atomic E-state index is 0.0107. The third-order valence-electron chi connectivity index (χ3n) is 7.23. The lowest BCUT2D eigenvalue weighted by molar-refractivity contribution is 0.226. The molecule has 3 aromatic carbocycles. The van der Waals surface area contributed by atoms with Gasteiger partial charge in [-0.2, -0.15) is 0 Å². The van der Waals surface area contributed by atoms with E-state index in [1.165, 1.54) is 12.7 Å². The van der Waals surface area contributed by atoms with E-state index in [1.54, 1.807) is 32.0 Å². The highest BCUT2D eigenvalue weighted by atomic mass is 32.2. The number of amides is 2. The molecule has 1 aliphatic heterocycles. The van der Waals surface area contributed by atoms with Crippen LogP contribution in [0.4, 0.5) is 16.2 Å². The number of fused-ring (bicyclic) bond motifs is 2. The number of rotatable bonds is 6. The number of methoxy groups -OCH3 is 3. The van der Waals surface area contributed by atoms with Gasteiger partial charge in [-0.15, -0.1) is 11.8 Å². The first-order valence-electron chi connectivity index (χ1n) is 12.0. The van der Waals surface area contributed by atoms with E-state index in [9.17, 15) is 9.90 Å². The molecular weight excluding hydrogens is 490 g/mol. The Balaban J connectivity index is 1.64. The largest absolute Gasteiger partial charge is 0.504 e. The first-order chi connectivity index (χ1) is 17.9. The molecule has 1 heterocycles. The number of urea groups is 1. The van der Waals surface area contributed by atoms with E-state index in [2.05, 4.69) is 22.6 Å². The van der Waals surface area contributed by atoms with Crippen molar-refractivity contribution in [1.29, 1.82) is 0 Å². The molecule has 0 radical (unpaired) electrons. The Morgan fingerprint density at radius 1 is 1.03 bits per heavy atom. The molecule has 8 nitrogen and oxygen atoms in total. The van der Waals surface area contributed by atoms with Gasteiger partial charge < -0.3 is 30.0 Å². The van der Waals surface area contributed by atoms with E-state index in [0.29, 0.717) is 34.9 Å². The monoisotopic (exact) mass is 521 g/mol. The molecule has 9 heteroatoms. The van der Waals surface area contributed by atoms with Crippen LogP contribution in [0.25, 0.3) is 11.1 Å². The standard InChI is InChI=1S/C28H31N3O5S/c1-31-11-10-15-12-22(35-3)27(36-4)25-23(15)20(31)13-18-19(14-21(34-2)26(32)24(18)25)30-28(33)29-16-6-8-17(37-5)9-7-16/h6-9,12,14,20,32H,10-11,13H2,1-5H3,(H2,29,30,33)/t20-/m0/s1. The van der Waals surface area contributed by atoms with Gasteiger partial charge in [-0.1, -0.05) is 0 Å². The number of benzene rings is 3. The third kappa shape index (κ3) is 4.32. The van der Waals surface area contributed by atoms with Gasteiger partial charge in [0.25, 0.3) is 0 Å². The van der Waals surface area contributed by atoms with Crippen LogP contribution in [0, 0.1) is 0 Å². The predicted molar refractivity (Wildman–Crippen MR) is 147 cm³/mol. The third-order valence-corrected chi connectivity index (χ3v) is 7.97. The molecule has 194 valence electrons. The Morgan fingerprint density at radius 2 is 1.76 bits per heavy atom. The number of hydrogen-bond donors (Lipinski definition) is 3. The zero-order valence-electron chi connectivity index (χ0n) is 21.6. The summed E-state index contributed by atoms with van der Waals surface area (Å²) >= 11 is 1.64. The van der Waals surface area contributed by atoms with Gasteiger partial charge in [0, 0.05) is 40.4 Å². The number of carbonyl (C=O) groups is 1. The predicted octanol–water partition coefficient (Wildman–Crippen LogP) is 5.54. The smallest absolute Gasteiger partial charge is 0.323 e. The summed E-state index contributed by atoms with van der Waals surface area (Å²) in [5.41, 5.74) is 5.73. The van der Waals surface area contributed by atoms with Gasteiger partial charge in [-0.05, 0) is 73.2 Å². The van der Waals surface area contributed by atoms with Crippen LogP contribution < -0.4 is 24.8 Å². The van der Waals surface area contributed by atoms with Crippen molar-refractivity contribution >= 4 is 29.2 Å². The molecule has 0 bridgehead atoms. The molecule has 0 aromatic heterocycles.